The fourth-order valence-corrected chi connectivity index (χ4v) is 3.49. The summed E-state index contributed by atoms with van der Waals surface area (Å²) in [6.45, 7) is 6.12. The number of methoxy groups -OCH3 is 1. The van der Waals surface area contributed by atoms with Crippen molar-refractivity contribution in [2.75, 3.05) is 49.8 Å². The van der Waals surface area contributed by atoms with E-state index in [-0.39, 0.29) is 6.04 Å². The number of nitrogens with zero attached hydrogens (tertiary/aromatic N) is 7. The van der Waals surface area contributed by atoms with Crippen LogP contribution in [0.4, 0.5) is 16.2 Å². The molecule has 0 saturated carbocycles. The van der Waals surface area contributed by atoms with Gasteiger partial charge in [-0.3, -0.25) is 0 Å². The molecule has 2 aliphatic heterocycles. The van der Waals surface area contributed by atoms with Crippen LogP contribution in [-0.4, -0.2) is 64.7 Å². The Bertz CT molecular complexity index is 778. The highest BCUT2D eigenvalue weighted by atomic mass is 19.1. The molecular formula is C16H22FN7O2. The van der Waals surface area contributed by atoms with Crippen LogP contribution in [0.5, 0.6) is 0 Å². The van der Waals surface area contributed by atoms with Crippen molar-refractivity contribution in [2.24, 2.45) is 0 Å². The molecule has 1 fully saturated rings. The highest BCUT2D eigenvalue weighted by molar-refractivity contribution is 5.46. The average molecular weight is 363 g/mol. The second-order valence-electron chi connectivity index (χ2n) is 6.51. The smallest absolute Gasteiger partial charge is 0.227 e. The quantitative estimate of drug-likeness (QED) is 0.788. The van der Waals surface area contributed by atoms with Gasteiger partial charge in [0.05, 0.1) is 32.0 Å². The first-order chi connectivity index (χ1) is 12.7. The summed E-state index contributed by atoms with van der Waals surface area (Å²) in [6.07, 6.45) is 1.24. The molecule has 140 valence electrons. The molecule has 2 aromatic heterocycles. The van der Waals surface area contributed by atoms with Crippen molar-refractivity contribution in [1.82, 2.24) is 24.7 Å². The largest absolute Gasteiger partial charge is 0.378 e. The van der Waals surface area contributed by atoms with Crippen LogP contribution in [0.25, 0.3) is 0 Å². The van der Waals surface area contributed by atoms with Gasteiger partial charge < -0.3 is 23.8 Å². The number of rotatable bonds is 4. The Labute approximate surface area is 150 Å². The molecule has 2 aromatic rings. The molecule has 0 aliphatic carbocycles. The second kappa shape index (κ2) is 7.12. The van der Waals surface area contributed by atoms with E-state index in [0.29, 0.717) is 57.8 Å². The van der Waals surface area contributed by atoms with Gasteiger partial charge in [-0.2, -0.15) is 4.98 Å². The van der Waals surface area contributed by atoms with Gasteiger partial charge in [-0.05, 0) is 6.92 Å². The summed E-state index contributed by atoms with van der Waals surface area (Å²) in [5.74, 6) is 2.06. The number of fused-ring (bicyclic) bond motifs is 1. The lowest BCUT2D eigenvalue weighted by Gasteiger charge is -2.33. The van der Waals surface area contributed by atoms with E-state index in [0.717, 1.165) is 11.6 Å². The lowest BCUT2D eigenvalue weighted by Crippen LogP contribution is -2.40. The van der Waals surface area contributed by atoms with Crippen molar-refractivity contribution < 1.29 is 13.9 Å². The second-order valence-corrected chi connectivity index (χ2v) is 6.51. The van der Waals surface area contributed by atoms with Gasteiger partial charge in [0.25, 0.3) is 0 Å². The number of aromatic nitrogens is 5. The summed E-state index contributed by atoms with van der Waals surface area (Å²) in [5, 5.41) is 8.48. The van der Waals surface area contributed by atoms with Gasteiger partial charge in [0.15, 0.2) is 23.3 Å². The maximum Gasteiger partial charge on any atom is 0.227 e. The summed E-state index contributed by atoms with van der Waals surface area (Å²) < 4.78 is 26.9. The Morgan fingerprint density at radius 2 is 2.08 bits per heavy atom. The minimum atomic E-state index is -0.411. The minimum absolute atomic E-state index is 0.138. The number of ether oxygens (including phenoxy) is 2. The molecule has 0 spiro atoms. The molecule has 0 radical (unpaired) electrons. The van der Waals surface area contributed by atoms with Crippen molar-refractivity contribution in [3.63, 3.8) is 0 Å². The first-order valence-electron chi connectivity index (χ1n) is 8.69. The van der Waals surface area contributed by atoms with Gasteiger partial charge in [0.2, 0.25) is 5.95 Å². The Kier molecular flexibility index (Phi) is 4.68. The standard InChI is InChI=1S/C16H22FN7O2/c1-11-8-23(9-13-20-21-14(10-25-2)24(11)13)16-18-7-12(17)15(19-16)22-3-5-26-6-4-22/h7,11H,3-6,8-10H2,1-2H3/t11-/m0/s1. The molecule has 10 heteroatoms. The third kappa shape index (κ3) is 3.10. The fraction of sp³-hybridized carbons (Fsp3) is 0.625. The van der Waals surface area contributed by atoms with Crippen LogP contribution in [0.3, 0.4) is 0 Å². The third-order valence-electron chi connectivity index (χ3n) is 4.67. The van der Waals surface area contributed by atoms with Crippen LogP contribution in [0.1, 0.15) is 24.6 Å². The maximum atomic E-state index is 14.3. The van der Waals surface area contributed by atoms with Crippen LogP contribution in [-0.2, 0) is 22.6 Å². The predicted octanol–water partition coefficient (Wildman–Crippen LogP) is 0.771. The van der Waals surface area contributed by atoms with Gasteiger partial charge in [0.1, 0.15) is 6.61 Å². The normalized spacial score (nSPS) is 20.3. The Morgan fingerprint density at radius 3 is 2.85 bits per heavy atom. The van der Waals surface area contributed by atoms with Crippen LogP contribution < -0.4 is 9.80 Å². The molecule has 1 atom stereocenters. The Morgan fingerprint density at radius 1 is 1.27 bits per heavy atom. The van der Waals surface area contributed by atoms with Crippen LogP contribution in [0.2, 0.25) is 0 Å². The monoisotopic (exact) mass is 363 g/mol. The summed E-state index contributed by atoms with van der Waals surface area (Å²) in [4.78, 5) is 12.6. The third-order valence-corrected chi connectivity index (χ3v) is 4.67. The Hall–Kier alpha value is -2.33. The van der Waals surface area contributed by atoms with E-state index < -0.39 is 5.82 Å². The van der Waals surface area contributed by atoms with Crippen LogP contribution in [0.15, 0.2) is 6.20 Å². The zero-order valence-corrected chi connectivity index (χ0v) is 14.9. The predicted molar refractivity (Wildman–Crippen MR) is 91.5 cm³/mol. The molecule has 26 heavy (non-hydrogen) atoms. The molecule has 0 N–H and O–H groups in total. The molecule has 0 aromatic carbocycles. The molecule has 0 bridgehead atoms. The Balaban J connectivity index is 1.60. The zero-order valence-electron chi connectivity index (χ0n) is 14.9. The van der Waals surface area contributed by atoms with Crippen molar-refractivity contribution in [2.45, 2.75) is 26.1 Å². The van der Waals surface area contributed by atoms with Crippen molar-refractivity contribution in [3.8, 4) is 0 Å². The first-order valence-corrected chi connectivity index (χ1v) is 8.69. The maximum absolute atomic E-state index is 14.3. The lowest BCUT2D eigenvalue weighted by atomic mass is 10.2. The van der Waals surface area contributed by atoms with E-state index in [1.807, 2.05) is 9.80 Å². The van der Waals surface area contributed by atoms with Crippen molar-refractivity contribution in [1.29, 1.82) is 0 Å². The zero-order chi connectivity index (χ0) is 18.1. The fourth-order valence-electron chi connectivity index (χ4n) is 3.49. The van der Waals surface area contributed by atoms with E-state index in [2.05, 4.69) is 31.7 Å². The number of hydrogen-bond acceptors (Lipinski definition) is 8. The van der Waals surface area contributed by atoms with E-state index in [1.165, 1.54) is 6.20 Å². The van der Waals surface area contributed by atoms with Crippen molar-refractivity contribution >= 4 is 11.8 Å². The highest BCUT2D eigenvalue weighted by Gasteiger charge is 2.29. The van der Waals surface area contributed by atoms with Gasteiger partial charge in [-0.25, -0.2) is 9.37 Å². The number of halogens is 1. The molecule has 9 nitrogen and oxygen atoms in total. The van der Waals surface area contributed by atoms with Crippen LogP contribution >= 0.6 is 0 Å². The number of anilines is 2. The van der Waals surface area contributed by atoms with Gasteiger partial charge in [-0.1, -0.05) is 0 Å². The molecule has 0 amide bonds. The lowest BCUT2D eigenvalue weighted by molar-refractivity contribution is 0.122. The van der Waals surface area contributed by atoms with Crippen molar-refractivity contribution in [3.05, 3.63) is 23.7 Å². The number of morpholine rings is 1. The summed E-state index contributed by atoms with van der Waals surface area (Å²) in [6, 6.07) is 0.138. The topological polar surface area (TPSA) is 81.4 Å². The van der Waals surface area contributed by atoms with Crippen LogP contribution in [0, 0.1) is 5.82 Å². The SMILES string of the molecule is COCc1nnc2n1[C@@H](C)CN(c1ncc(F)c(N3CCOCC3)n1)C2. The summed E-state index contributed by atoms with van der Waals surface area (Å²) >= 11 is 0. The molecular weight excluding hydrogens is 341 g/mol. The molecule has 2 aliphatic rings. The molecule has 1 saturated heterocycles. The van der Waals surface area contributed by atoms with Gasteiger partial charge in [0, 0.05) is 26.7 Å². The van der Waals surface area contributed by atoms with E-state index in [9.17, 15) is 4.39 Å². The summed E-state index contributed by atoms with van der Waals surface area (Å²) in [5.41, 5.74) is 0. The van der Waals surface area contributed by atoms with E-state index in [4.69, 9.17) is 9.47 Å². The van der Waals surface area contributed by atoms with E-state index >= 15 is 0 Å². The van der Waals surface area contributed by atoms with E-state index in [1.54, 1.807) is 7.11 Å². The minimum Gasteiger partial charge on any atom is -0.378 e. The molecule has 4 rings (SSSR count). The molecule has 0 unspecified atom stereocenters. The van der Waals surface area contributed by atoms with Gasteiger partial charge in [-0.15, -0.1) is 10.2 Å². The van der Waals surface area contributed by atoms with Gasteiger partial charge >= 0.3 is 0 Å². The summed E-state index contributed by atoms with van der Waals surface area (Å²) in [7, 11) is 1.64. The highest BCUT2D eigenvalue weighted by Crippen LogP contribution is 2.27. The first kappa shape index (κ1) is 17.1. The molecule has 4 heterocycles. The average Bonchev–Trinajstić information content (AvgIpc) is 3.06. The number of hydrogen-bond donors (Lipinski definition) is 0.